The van der Waals surface area contributed by atoms with Gasteiger partial charge in [0, 0.05) is 6.42 Å². The zero-order valence-corrected chi connectivity index (χ0v) is 14.6. The predicted molar refractivity (Wildman–Crippen MR) is 95.1 cm³/mol. The smallest absolute Gasteiger partial charge is 0.170 e. The molecule has 0 amide bonds. The molecule has 1 rings (SSSR count). The first-order valence-corrected chi connectivity index (χ1v) is 9.16. The summed E-state index contributed by atoms with van der Waals surface area (Å²) in [5.74, 6) is 0.566. The van der Waals surface area contributed by atoms with Gasteiger partial charge in [-0.05, 0) is 18.6 Å². The van der Waals surface area contributed by atoms with Gasteiger partial charge in [-0.2, -0.15) is 0 Å². The molecule has 1 N–H and O–H groups in total. The van der Waals surface area contributed by atoms with E-state index in [1.165, 1.54) is 51.4 Å². The van der Waals surface area contributed by atoms with Crippen molar-refractivity contribution >= 4 is 5.78 Å². The number of para-hydroxylation sites is 2. The van der Waals surface area contributed by atoms with Gasteiger partial charge in [-0.1, -0.05) is 76.8 Å². The van der Waals surface area contributed by atoms with E-state index in [1.807, 2.05) is 0 Å². The zero-order valence-electron chi connectivity index (χ0n) is 14.6. The summed E-state index contributed by atoms with van der Waals surface area (Å²) in [6.07, 6.45) is 13.3. The van der Waals surface area contributed by atoms with Crippen molar-refractivity contribution < 1.29 is 14.6 Å². The Kier molecular flexibility index (Phi) is 11.0. The lowest BCUT2D eigenvalue weighted by Crippen LogP contribution is -2.10. The molecule has 130 valence electrons. The number of carbonyl (C=O) groups excluding carboxylic acids is 1. The second-order valence-electron chi connectivity index (χ2n) is 6.23. The predicted octanol–water partition coefficient (Wildman–Crippen LogP) is 5.65. The molecule has 0 bridgehead atoms. The van der Waals surface area contributed by atoms with E-state index in [2.05, 4.69) is 6.92 Å². The monoisotopic (exact) mass is 320 g/mol. The molecule has 1 aromatic rings. The number of phenols is 1. The normalized spacial score (nSPS) is 10.7. The molecular formula is C20H32O3. The van der Waals surface area contributed by atoms with Crippen LogP contribution in [0.5, 0.6) is 11.5 Å². The SMILES string of the molecule is CCCCCCCCCCCCC(=O)COc1ccccc1O. The van der Waals surface area contributed by atoms with Gasteiger partial charge < -0.3 is 9.84 Å². The van der Waals surface area contributed by atoms with E-state index in [4.69, 9.17) is 4.74 Å². The summed E-state index contributed by atoms with van der Waals surface area (Å²) in [4.78, 5) is 11.8. The van der Waals surface area contributed by atoms with E-state index in [0.717, 1.165) is 12.8 Å². The van der Waals surface area contributed by atoms with Crippen molar-refractivity contribution in [2.75, 3.05) is 6.61 Å². The third kappa shape index (κ3) is 9.98. The number of Topliss-reactive ketones (excluding diaryl/α,β-unsaturated/α-hetero) is 1. The van der Waals surface area contributed by atoms with Crippen molar-refractivity contribution in [2.24, 2.45) is 0 Å². The van der Waals surface area contributed by atoms with Crippen LogP contribution in [0.25, 0.3) is 0 Å². The highest BCUT2D eigenvalue weighted by Gasteiger charge is 2.05. The summed E-state index contributed by atoms with van der Waals surface area (Å²) in [7, 11) is 0. The Morgan fingerprint density at radius 3 is 2.09 bits per heavy atom. The molecule has 0 aliphatic heterocycles. The highest BCUT2D eigenvalue weighted by Crippen LogP contribution is 2.24. The van der Waals surface area contributed by atoms with E-state index in [9.17, 15) is 9.90 Å². The fraction of sp³-hybridized carbons (Fsp3) is 0.650. The average Bonchev–Trinajstić information content (AvgIpc) is 2.56. The number of rotatable bonds is 14. The molecule has 3 nitrogen and oxygen atoms in total. The van der Waals surface area contributed by atoms with Gasteiger partial charge in [-0.15, -0.1) is 0 Å². The topological polar surface area (TPSA) is 46.5 Å². The molecule has 0 fully saturated rings. The Morgan fingerprint density at radius 2 is 1.48 bits per heavy atom. The van der Waals surface area contributed by atoms with Crippen molar-refractivity contribution in [3.63, 3.8) is 0 Å². The van der Waals surface area contributed by atoms with Gasteiger partial charge in [0.05, 0.1) is 0 Å². The molecule has 0 saturated carbocycles. The van der Waals surface area contributed by atoms with Crippen molar-refractivity contribution in [2.45, 2.75) is 77.6 Å². The molecule has 0 saturated heterocycles. The maximum atomic E-state index is 11.8. The van der Waals surface area contributed by atoms with Crippen LogP contribution >= 0.6 is 0 Å². The van der Waals surface area contributed by atoms with Crippen LogP contribution in [-0.2, 0) is 4.79 Å². The number of hydrogen-bond donors (Lipinski definition) is 1. The van der Waals surface area contributed by atoms with Gasteiger partial charge in [0.2, 0.25) is 0 Å². The second-order valence-corrected chi connectivity index (χ2v) is 6.23. The molecule has 1 aromatic carbocycles. The van der Waals surface area contributed by atoms with Crippen molar-refractivity contribution in [3.8, 4) is 11.5 Å². The van der Waals surface area contributed by atoms with E-state index >= 15 is 0 Å². The Labute approximate surface area is 141 Å². The molecule has 0 unspecified atom stereocenters. The molecule has 0 aliphatic rings. The van der Waals surface area contributed by atoms with Crippen molar-refractivity contribution in [1.82, 2.24) is 0 Å². The Balaban J connectivity index is 1.93. The van der Waals surface area contributed by atoms with Gasteiger partial charge in [-0.25, -0.2) is 0 Å². The van der Waals surface area contributed by atoms with Crippen LogP contribution in [0.15, 0.2) is 24.3 Å². The van der Waals surface area contributed by atoms with Gasteiger partial charge in [-0.3, -0.25) is 4.79 Å². The molecule has 0 spiro atoms. The van der Waals surface area contributed by atoms with Crippen LogP contribution < -0.4 is 4.74 Å². The number of aromatic hydroxyl groups is 1. The highest BCUT2D eigenvalue weighted by molar-refractivity contribution is 5.79. The standard InChI is InChI=1S/C20H32O3/c1-2-3-4-5-6-7-8-9-10-11-14-18(21)17-23-20-16-13-12-15-19(20)22/h12-13,15-16,22H,2-11,14,17H2,1H3. The molecule has 0 heterocycles. The summed E-state index contributed by atoms with van der Waals surface area (Å²) in [5.41, 5.74) is 0. The van der Waals surface area contributed by atoms with Crippen LogP contribution in [0.3, 0.4) is 0 Å². The molecule has 0 aromatic heterocycles. The summed E-state index contributed by atoms with van der Waals surface area (Å²) in [5, 5.41) is 9.55. The Morgan fingerprint density at radius 1 is 0.913 bits per heavy atom. The number of phenolic OH excluding ortho intramolecular Hbond substituents is 1. The van der Waals surface area contributed by atoms with Gasteiger partial charge in [0.15, 0.2) is 17.3 Å². The van der Waals surface area contributed by atoms with Crippen LogP contribution in [0.4, 0.5) is 0 Å². The van der Waals surface area contributed by atoms with Gasteiger partial charge in [0.25, 0.3) is 0 Å². The third-order valence-corrected chi connectivity index (χ3v) is 4.06. The molecule has 0 radical (unpaired) electrons. The summed E-state index contributed by atoms with van der Waals surface area (Å²) in [6, 6.07) is 6.74. The molecule has 0 atom stereocenters. The quantitative estimate of drug-likeness (QED) is 0.450. The average molecular weight is 320 g/mol. The first kappa shape index (κ1) is 19.5. The lowest BCUT2D eigenvalue weighted by molar-refractivity contribution is -0.121. The molecule has 3 heteroatoms. The van der Waals surface area contributed by atoms with Gasteiger partial charge >= 0.3 is 0 Å². The summed E-state index contributed by atoms with van der Waals surface area (Å²) in [6.45, 7) is 2.30. The minimum absolute atomic E-state index is 0.0506. The van der Waals surface area contributed by atoms with Crippen LogP contribution in [0.2, 0.25) is 0 Å². The largest absolute Gasteiger partial charge is 0.504 e. The summed E-state index contributed by atoms with van der Waals surface area (Å²) >= 11 is 0. The maximum absolute atomic E-state index is 11.8. The van der Waals surface area contributed by atoms with E-state index in [-0.39, 0.29) is 18.1 Å². The lowest BCUT2D eigenvalue weighted by atomic mass is 10.1. The first-order valence-electron chi connectivity index (χ1n) is 9.16. The number of ketones is 1. The fourth-order valence-corrected chi connectivity index (χ4v) is 2.62. The van der Waals surface area contributed by atoms with Crippen molar-refractivity contribution in [3.05, 3.63) is 24.3 Å². The molecule has 23 heavy (non-hydrogen) atoms. The number of unbranched alkanes of at least 4 members (excludes halogenated alkanes) is 9. The van der Waals surface area contributed by atoms with Crippen molar-refractivity contribution in [1.29, 1.82) is 0 Å². The van der Waals surface area contributed by atoms with E-state index in [0.29, 0.717) is 12.2 Å². The number of benzene rings is 1. The van der Waals surface area contributed by atoms with Gasteiger partial charge in [0.1, 0.15) is 6.61 Å². The third-order valence-electron chi connectivity index (χ3n) is 4.06. The van der Waals surface area contributed by atoms with Crippen LogP contribution in [0, 0.1) is 0 Å². The maximum Gasteiger partial charge on any atom is 0.170 e. The first-order chi connectivity index (χ1) is 11.2. The Hall–Kier alpha value is -1.51. The summed E-state index contributed by atoms with van der Waals surface area (Å²) < 4.78 is 5.34. The number of ether oxygens (including phenoxy) is 1. The second kappa shape index (κ2) is 13.0. The highest BCUT2D eigenvalue weighted by atomic mass is 16.5. The number of carbonyl (C=O) groups is 1. The van der Waals surface area contributed by atoms with Crippen LogP contribution in [-0.4, -0.2) is 17.5 Å². The lowest BCUT2D eigenvalue weighted by Gasteiger charge is -2.07. The zero-order chi connectivity index (χ0) is 16.8. The fourth-order valence-electron chi connectivity index (χ4n) is 2.62. The van der Waals surface area contributed by atoms with E-state index in [1.54, 1.807) is 24.3 Å². The molecular weight excluding hydrogens is 288 g/mol. The Bertz CT molecular complexity index is 429. The van der Waals surface area contributed by atoms with E-state index < -0.39 is 0 Å². The van der Waals surface area contributed by atoms with Crippen LogP contribution in [0.1, 0.15) is 77.6 Å². The number of hydrogen-bond acceptors (Lipinski definition) is 3. The minimum atomic E-state index is 0.0506. The minimum Gasteiger partial charge on any atom is -0.504 e. The molecule has 0 aliphatic carbocycles.